The van der Waals surface area contributed by atoms with Crippen molar-refractivity contribution in [2.45, 2.75) is 25.8 Å². The summed E-state index contributed by atoms with van der Waals surface area (Å²) >= 11 is 6.17. The largest absolute Gasteiger partial charge is 0.496 e. The Labute approximate surface area is 259 Å². The normalized spacial score (nSPS) is 16.5. The highest BCUT2D eigenvalue weighted by Crippen LogP contribution is 2.57. The molecule has 10 nitrogen and oxygen atoms in total. The first kappa shape index (κ1) is 29.4. The quantitative estimate of drug-likeness (QED) is 0.203. The zero-order valence-corrected chi connectivity index (χ0v) is 25.3. The van der Waals surface area contributed by atoms with Gasteiger partial charge in [0.15, 0.2) is 0 Å². The number of carboxylic acid groups (broad SMARTS) is 1. The number of halogens is 1. The lowest BCUT2D eigenvalue weighted by atomic mass is 9.93. The Morgan fingerprint density at radius 2 is 1.80 bits per heavy atom. The van der Waals surface area contributed by atoms with Gasteiger partial charge in [0, 0.05) is 28.9 Å². The van der Waals surface area contributed by atoms with Crippen molar-refractivity contribution in [1.29, 1.82) is 0 Å². The number of hydrogen-bond donors (Lipinski definition) is 1. The van der Waals surface area contributed by atoms with Gasteiger partial charge in [-0.05, 0) is 66.6 Å². The molecule has 2 aliphatic rings. The molecular weight excluding hydrogens is 586 g/mol. The van der Waals surface area contributed by atoms with Crippen LogP contribution in [0, 0.1) is 12.8 Å². The van der Waals surface area contributed by atoms with Gasteiger partial charge >= 0.3 is 12.1 Å². The molecule has 1 aliphatic carbocycles. The summed E-state index contributed by atoms with van der Waals surface area (Å²) in [5, 5.41) is 14.7. The Balaban J connectivity index is 1.19. The summed E-state index contributed by atoms with van der Waals surface area (Å²) in [4.78, 5) is 26.5. The minimum absolute atomic E-state index is 0.0744. The molecule has 4 aromatic rings. The van der Waals surface area contributed by atoms with Gasteiger partial charge in [0.1, 0.15) is 30.5 Å². The molecule has 0 radical (unpaired) electrons. The van der Waals surface area contributed by atoms with Crippen molar-refractivity contribution in [3.05, 3.63) is 88.2 Å². The van der Waals surface area contributed by atoms with Crippen molar-refractivity contribution in [2.75, 3.05) is 38.9 Å². The molecular formula is C33H32ClN3O7. The van der Waals surface area contributed by atoms with E-state index in [-0.39, 0.29) is 18.8 Å². The van der Waals surface area contributed by atoms with Crippen molar-refractivity contribution < 1.29 is 33.6 Å². The summed E-state index contributed by atoms with van der Waals surface area (Å²) in [7, 11) is 2.98. The second-order valence-electron chi connectivity index (χ2n) is 10.9. The van der Waals surface area contributed by atoms with Crippen LogP contribution in [0.4, 0.5) is 10.5 Å². The van der Waals surface area contributed by atoms with Crippen LogP contribution in [0.5, 0.6) is 17.2 Å². The third kappa shape index (κ3) is 5.65. The predicted molar refractivity (Wildman–Crippen MR) is 164 cm³/mol. The lowest BCUT2D eigenvalue weighted by Crippen LogP contribution is -2.37. The van der Waals surface area contributed by atoms with Crippen LogP contribution in [0.3, 0.4) is 0 Å². The van der Waals surface area contributed by atoms with E-state index in [1.807, 2.05) is 43.5 Å². The Hall–Kier alpha value is -4.70. The minimum atomic E-state index is -1.07. The van der Waals surface area contributed by atoms with Crippen molar-refractivity contribution in [3.8, 4) is 28.4 Å². The molecule has 1 aliphatic heterocycles. The summed E-state index contributed by atoms with van der Waals surface area (Å²) in [5.41, 5.74) is 5.48. The molecule has 0 bridgehead atoms. The summed E-state index contributed by atoms with van der Waals surface area (Å²) in [5.74, 6) is 1.14. The van der Waals surface area contributed by atoms with Gasteiger partial charge in [-0.3, -0.25) is 9.58 Å². The molecule has 228 valence electrons. The number of aromatic nitrogens is 2. The van der Waals surface area contributed by atoms with Gasteiger partial charge < -0.3 is 24.1 Å². The highest BCUT2D eigenvalue weighted by Gasteiger charge is 2.48. The summed E-state index contributed by atoms with van der Waals surface area (Å²) in [6.07, 6.45) is 4.33. The van der Waals surface area contributed by atoms with E-state index < -0.39 is 12.1 Å². The molecule has 1 saturated carbocycles. The highest BCUT2D eigenvalue weighted by atomic mass is 35.5. The molecule has 1 aromatic heterocycles. The fourth-order valence-electron chi connectivity index (χ4n) is 5.86. The number of benzene rings is 3. The zero-order chi connectivity index (χ0) is 31.0. The molecule has 0 spiro atoms. The SMILES string of the molecule is COc1cc(C(=O)O)cc(OC)c1Cn1cc(-c2cccc3c2[C@H]2C[C@H]2CN3C(=O)OCCOc2cccc(Cl)c2C)cn1. The van der Waals surface area contributed by atoms with Crippen LogP contribution in [0.1, 0.15) is 39.4 Å². The van der Waals surface area contributed by atoms with Gasteiger partial charge in [0.2, 0.25) is 0 Å². The molecule has 3 aromatic carbocycles. The number of ether oxygens (including phenoxy) is 4. The fourth-order valence-corrected chi connectivity index (χ4v) is 6.02. The lowest BCUT2D eigenvalue weighted by Gasteiger charge is -2.29. The standard InChI is InChI=1S/C33H32ClN3O7/c1-19-26(34)7-5-9-28(19)43-10-11-44-33(40)37-17-21-12-24(21)31-23(6-4-8-27(31)37)22-15-35-36(16-22)18-25-29(41-2)13-20(32(38)39)14-30(25)42-3/h4-9,13-16,21,24H,10-12,17-18H2,1-3H3,(H,38,39)/t21-,24-/m0/s1. The van der Waals surface area contributed by atoms with E-state index in [1.165, 1.54) is 26.4 Å². The van der Waals surface area contributed by atoms with Crippen LogP contribution < -0.4 is 19.1 Å². The Morgan fingerprint density at radius 1 is 1.05 bits per heavy atom. The van der Waals surface area contributed by atoms with Gasteiger partial charge in [-0.2, -0.15) is 5.10 Å². The number of carboxylic acids is 1. The Kier molecular flexibility index (Phi) is 8.09. The molecule has 1 amide bonds. The van der Waals surface area contributed by atoms with E-state index in [9.17, 15) is 14.7 Å². The Bertz CT molecular complexity index is 1710. The molecule has 0 saturated heterocycles. The van der Waals surface area contributed by atoms with Gasteiger partial charge in [0.25, 0.3) is 0 Å². The van der Waals surface area contributed by atoms with E-state index in [1.54, 1.807) is 21.8 Å². The molecule has 6 rings (SSSR count). The van der Waals surface area contributed by atoms with Crippen LogP contribution in [-0.4, -0.2) is 60.9 Å². The molecule has 2 heterocycles. The van der Waals surface area contributed by atoms with Crippen LogP contribution >= 0.6 is 11.6 Å². The lowest BCUT2D eigenvalue weighted by molar-refractivity contribution is 0.0696. The van der Waals surface area contributed by atoms with Gasteiger partial charge in [-0.15, -0.1) is 0 Å². The average Bonchev–Trinajstić information content (AvgIpc) is 3.68. The molecule has 0 unspecified atom stereocenters. The van der Waals surface area contributed by atoms with Crippen LogP contribution in [0.15, 0.2) is 60.9 Å². The number of methoxy groups -OCH3 is 2. The molecule has 11 heteroatoms. The number of anilines is 1. The third-order valence-corrected chi connectivity index (χ3v) is 8.62. The van der Waals surface area contributed by atoms with Crippen LogP contribution in [-0.2, 0) is 11.3 Å². The first-order chi connectivity index (χ1) is 21.3. The minimum Gasteiger partial charge on any atom is -0.496 e. The number of nitrogens with zero attached hydrogens (tertiary/aromatic N) is 3. The van der Waals surface area contributed by atoms with Gasteiger partial charge in [0.05, 0.1) is 43.8 Å². The number of rotatable bonds is 10. The predicted octanol–water partition coefficient (Wildman–Crippen LogP) is 6.41. The topological polar surface area (TPSA) is 112 Å². The maximum atomic E-state index is 13.2. The monoisotopic (exact) mass is 617 g/mol. The second kappa shape index (κ2) is 12.1. The van der Waals surface area contributed by atoms with Crippen molar-refractivity contribution >= 4 is 29.4 Å². The molecule has 1 N–H and O–H groups in total. The number of carbonyl (C=O) groups is 2. The maximum Gasteiger partial charge on any atom is 0.414 e. The third-order valence-electron chi connectivity index (χ3n) is 8.21. The first-order valence-corrected chi connectivity index (χ1v) is 14.6. The van der Waals surface area contributed by atoms with Crippen LogP contribution in [0.25, 0.3) is 11.1 Å². The van der Waals surface area contributed by atoms with Crippen molar-refractivity contribution in [2.24, 2.45) is 5.92 Å². The van der Waals surface area contributed by atoms with E-state index >= 15 is 0 Å². The molecule has 44 heavy (non-hydrogen) atoms. The molecule has 2 atom stereocenters. The van der Waals surface area contributed by atoms with E-state index in [0.29, 0.717) is 52.8 Å². The number of aromatic carboxylic acids is 1. The van der Waals surface area contributed by atoms with Crippen molar-refractivity contribution in [3.63, 3.8) is 0 Å². The maximum absolute atomic E-state index is 13.2. The van der Waals surface area contributed by atoms with Gasteiger partial charge in [-0.1, -0.05) is 29.8 Å². The van der Waals surface area contributed by atoms with Crippen molar-refractivity contribution in [1.82, 2.24) is 9.78 Å². The number of carbonyl (C=O) groups excluding carboxylic acids is 1. The summed E-state index contributed by atoms with van der Waals surface area (Å²) in [6, 6.07) is 14.4. The molecule has 1 fully saturated rings. The number of amides is 1. The van der Waals surface area contributed by atoms with Crippen LogP contribution in [0.2, 0.25) is 5.02 Å². The Morgan fingerprint density at radius 3 is 2.52 bits per heavy atom. The highest BCUT2D eigenvalue weighted by molar-refractivity contribution is 6.31. The summed E-state index contributed by atoms with van der Waals surface area (Å²) < 4.78 is 24.2. The second-order valence-corrected chi connectivity index (χ2v) is 11.3. The number of hydrogen-bond acceptors (Lipinski definition) is 7. The van der Waals surface area contributed by atoms with E-state index in [4.69, 9.17) is 30.5 Å². The van der Waals surface area contributed by atoms with E-state index in [0.717, 1.165) is 34.4 Å². The smallest absolute Gasteiger partial charge is 0.414 e. The first-order valence-electron chi connectivity index (χ1n) is 14.2. The summed E-state index contributed by atoms with van der Waals surface area (Å²) in [6.45, 7) is 3.13. The number of fused-ring (bicyclic) bond motifs is 3. The fraction of sp³-hybridized carbons (Fsp3) is 0.303. The average molecular weight is 618 g/mol. The zero-order valence-electron chi connectivity index (χ0n) is 24.6. The van der Waals surface area contributed by atoms with Gasteiger partial charge in [-0.25, -0.2) is 9.59 Å². The van der Waals surface area contributed by atoms with E-state index in [2.05, 4.69) is 5.10 Å².